The number of nitrogens with one attached hydrogen (secondary N) is 2. The molecule has 1 aliphatic heterocycles. The van der Waals surface area contributed by atoms with Gasteiger partial charge in [0.2, 0.25) is 0 Å². The monoisotopic (exact) mass is 680 g/mol. The van der Waals surface area contributed by atoms with E-state index >= 15 is 0 Å². The minimum Gasteiger partial charge on any atom is -0.490 e. The summed E-state index contributed by atoms with van der Waals surface area (Å²) in [5.74, 6) is -0.340. The highest BCUT2D eigenvalue weighted by Crippen LogP contribution is 2.29. The summed E-state index contributed by atoms with van der Waals surface area (Å²) in [5.41, 5.74) is 1.99. The fourth-order valence-corrected chi connectivity index (χ4v) is 6.52. The second-order valence-corrected chi connectivity index (χ2v) is 14.3. The SMILES string of the molecule is Cc1ccc(S(=O)(=O)Nc2ccc3c(c2)C(=O)N([C@H](C)CO)C[C@@H](C)[C@@H](CN(C)C(=O)Nc2ccccc2)OCCCC[C@H](C)O3)cc1. The van der Waals surface area contributed by atoms with Gasteiger partial charge in [-0.1, -0.05) is 42.8 Å². The first-order valence-electron chi connectivity index (χ1n) is 16.4. The summed E-state index contributed by atoms with van der Waals surface area (Å²) in [6.07, 6.45) is 1.65. The number of para-hydroxylation sites is 1. The fraction of sp³-hybridized carbons (Fsp3) is 0.444. The van der Waals surface area contributed by atoms with Crippen LogP contribution in [-0.2, 0) is 14.8 Å². The lowest BCUT2D eigenvalue weighted by Gasteiger charge is -2.35. The normalized spacial score (nSPS) is 20.1. The first-order chi connectivity index (χ1) is 22.9. The van der Waals surface area contributed by atoms with Crippen LogP contribution in [0.15, 0.2) is 77.7 Å². The maximum atomic E-state index is 14.4. The number of amides is 3. The molecule has 0 unspecified atom stereocenters. The molecule has 3 aromatic carbocycles. The van der Waals surface area contributed by atoms with Gasteiger partial charge < -0.3 is 29.7 Å². The topological polar surface area (TPSA) is 138 Å². The molecule has 3 N–H and O–H groups in total. The third-order valence-corrected chi connectivity index (χ3v) is 9.86. The highest BCUT2D eigenvalue weighted by atomic mass is 32.2. The number of sulfonamides is 1. The predicted molar refractivity (Wildman–Crippen MR) is 187 cm³/mol. The van der Waals surface area contributed by atoms with Crippen molar-refractivity contribution in [2.45, 2.75) is 70.1 Å². The molecule has 1 heterocycles. The summed E-state index contributed by atoms with van der Waals surface area (Å²) in [6, 6.07) is 19.5. The second-order valence-electron chi connectivity index (χ2n) is 12.6. The summed E-state index contributed by atoms with van der Waals surface area (Å²) < 4.78 is 41.6. The van der Waals surface area contributed by atoms with E-state index in [9.17, 15) is 23.1 Å². The molecule has 4 atom stereocenters. The minimum absolute atomic E-state index is 0.0993. The van der Waals surface area contributed by atoms with Crippen LogP contribution in [0.25, 0.3) is 0 Å². The van der Waals surface area contributed by atoms with Crippen molar-refractivity contribution >= 4 is 33.3 Å². The number of anilines is 2. The van der Waals surface area contributed by atoms with Gasteiger partial charge >= 0.3 is 6.03 Å². The summed E-state index contributed by atoms with van der Waals surface area (Å²) in [6.45, 7) is 8.15. The number of hydrogen-bond acceptors (Lipinski definition) is 7. The van der Waals surface area contributed by atoms with Crippen LogP contribution in [0.1, 0.15) is 56.0 Å². The number of aryl methyl sites for hydroxylation is 1. The lowest BCUT2D eigenvalue weighted by molar-refractivity contribution is -0.0115. The molecule has 0 saturated heterocycles. The molecule has 4 rings (SSSR count). The Morgan fingerprint density at radius 3 is 2.44 bits per heavy atom. The number of fused-ring (bicyclic) bond motifs is 1. The Kier molecular flexibility index (Phi) is 12.9. The zero-order valence-electron chi connectivity index (χ0n) is 28.4. The van der Waals surface area contributed by atoms with E-state index in [-0.39, 0.29) is 53.9 Å². The molecule has 0 aromatic heterocycles. The number of aliphatic hydroxyl groups is 1. The standard InChI is InChI=1S/C36H48N4O7S/c1-25-14-17-31(18-15-25)48(44,45)38-30-16-19-33-32(21-30)35(42)40(27(3)24-41)22-26(2)34(46-20-10-9-11-28(4)47-33)23-39(5)36(43)37-29-12-7-6-8-13-29/h6-8,12-19,21,26-28,34,38,41H,9-11,20,22-24H2,1-5H3,(H,37,43)/t26-,27-,28+,34-/m1/s1. The first kappa shape index (κ1) is 36.7. The molecule has 0 fully saturated rings. The summed E-state index contributed by atoms with van der Waals surface area (Å²) >= 11 is 0. The van der Waals surface area contributed by atoms with Crippen LogP contribution in [0, 0.1) is 12.8 Å². The van der Waals surface area contributed by atoms with E-state index < -0.39 is 28.1 Å². The van der Waals surface area contributed by atoms with E-state index in [1.54, 1.807) is 48.0 Å². The minimum atomic E-state index is -3.93. The average molecular weight is 681 g/mol. The Morgan fingerprint density at radius 1 is 1.04 bits per heavy atom. The molecule has 0 bridgehead atoms. The molecule has 3 aromatic rings. The zero-order valence-corrected chi connectivity index (χ0v) is 29.2. The van der Waals surface area contributed by atoms with E-state index in [0.717, 1.165) is 18.4 Å². The molecular formula is C36H48N4O7S. The highest BCUT2D eigenvalue weighted by Gasteiger charge is 2.31. The van der Waals surface area contributed by atoms with Crippen LogP contribution in [0.3, 0.4) is 0 Å². The summed E-state index contributed by atoms with van der Waals surface area (Å²) in [7, 11) is -2.23. The van der Waals surface area contributed by atoms with Gasteiger partial charge in [0.05, 0.1) is 35.3 Å². The number of urea groups is 1. The van der Waals surface area contributed by atoms with Gasteiger partial charge in [-0.05, 0) is 82.5 Å². The van der Waals surface area contributed by atoms with Gasteiger partial charge in [0, 0.05) is 44.0 Å². The van der Waals surface area contributed by atoms with Gasteiger partial charge in [-0.3, -0.25) is 9.52 Å². The van der Waals surface area contributed by atoms with Gasteiger partial charge in [0.15, 0.2) is 0 Å². The molecule has 0 spiro atoms. The lowest BCUT2D eigenvalue weighted by atomic mass is 10.0. The maximum Gasteiger partial charge on any atom is 0.321 e. The van der Waals surface area contributed by atoms with Crippen LogP contribution < -0.4 is 14.8 Å². The van der Waals surface area contributed by atoms with Crippen LogP contribution in [0.5, 0.6) is 5.75 Å². The number of ether oxygens (including phenoxy) is 2. The van der Waals surface area contributed by atoms with E-state index in [1.807, 2.05) is 51.1 Å². The molecule has 48 heavy (non-hydrogen) atoms. The number of carbonyl (C=O) groups is 2. The quantitative estimate of drug-likeness (QED) is 0.275. The Labute approximate surface area is 284 Å². The first-order valence-corrected chi connectivity index (χ1v) is 17.9. The molecular weight excluding hydrogens is 632 g/mol. The van der Waals surface area contributed by atoms with Crippen molar-refractivity contribution in [2.24, 2.45) is 5.92 Å². The van der Waals surface area contributed by atoms with E-state index in [1.165, 1.54) is 18.2 Å². The summed E-state index contributed by atoms with van der Waals surface area (Å²) in [5, 5.41) is 13.1. The van der Waals surface area contributed by atoms with Gasteiger partial charge in [0.25, 0.3) is 15.9 Å². The second kappa shape index (κ2) is 16.8. The predicted octanol–water partition coefficient (Wildman–Crippen LogP) is 5.76. The van der Waals surface area contributed by atoms with E-state index in [0.29, 0.717) is 24.5 Å². The Bertz CT molecular complexity index is 1620. The lowest BCUT2D eigenvalue weighted by Crippen LogP contribution is -2.48. The van der Waals surface area contributed by atoms with Crippen LogP contribution in [0.4, 0.5) is 16.2 Å². The largest absolute Gasteiger partial charge is 0.490 e. The van der Waals surface area contributed by atoms with Crippen LogP contribution in [0.2, 0.25) is 0 Å². The number of hydrogen-bond donors (Lipinski definition) is 3. The van der Waals surface area contributed by atoms with Crippen molar-refractivity contribution in [1.29, 1.82) is 0 Å². The van der Waals surface area contributed by atoms with Gasteiger partial charge in [-0.25, -0.2) is 13.2 Å². The zero-order chi connectivity index (χ0) is 34.8. The average Bonchev–Trinajstić information content (AvgIpc) is 3.06. The molecule has 0 saturated carbocycles. The van der Waals surface area contributed by atoms with E-state index in [4.69, 9.17) is 9.47 Å². The third-order valence-electron chi connectivity index (χ3n) is 8.46. The number of nitrogens with zero attached hydrogens (tertiary/aromatic N) is 2. The van der Waals surface area contributed by atoms with Crippen molar-refractivity contribution in [3.8, 4) is 5.75 Å². The number of carbonyl (C=O) groups excluding carboxylic acids is 2. The number of benzene rings is 3. The van der Waals surface area contributed by atoms with Crippen molar-refractivity contribution in [3.05, 3.63) is 83.9 Å². The molecule has 1 aliphatic rings. The van der Waals surface area contributed by atoms with Crippen molar-refractivity contribution in [1.82, 2.24) is 9.80 Å². The van der Waals surface area contributed by atoms with Gasteiger partial charge in [-0.15, -0.1) is 0 Å². The van der Waals surface area contributed by atoms with Crippen molar-refractivity contribution in [2.75, 3.05) is 43.4 Å². The highest BCUT2D eigenvalue weighted by molar-refractivity contribution is 7.92. The number of rotatable bonds is 8. The van der Waals surface area contributed by atoms with Gasteiger partial charge in [-0.2, -0.15) is 0 Å². The van der Waals surface area contributed by atoms with Crippen LogP contribution in [-0.4, -0.2) is 86.9 Å². The third kappa shape index (κ3) is 9.94. The maximum absolute atomic E-state index is 14.4. The van der Waals surface area contributed by atoms with E-state index in [2.05, 4.69) is 10.0 Å². The summed E-state index contributed by atoms with van der Waals surface area (Å²) in [4.78, 5) is 30.6. The molecule has 0 aliphatic carbocycles. The molecule has 11 nitrogen and oxygen atoms in total. The number of likely N-dealkylation sites (N-methyl/N-ethyl adjacent to an activating group) is 1. The molecule has 12 heteroatoms. The van der Waals surface area contributed by atoms with Gasteiger partial charge in [0.1, 0.15) is 5.75 Å². The smallest absolute Gasteiger partial charge is 0.321 e. The molecule has 260 valence electrons. The molecule has 3 amide bonds. The number of aliphatic hydroxyl groups excluding tert-OH is 1. The Morgan fingerprint density at radius 2 is 1.75 bits per heavy atom. The fourth-order valence-electron chi connectivity index (χ4n) is 5.47. The van der Waals surface area contributed by atoms with Crippen molar-refractivity contribution in [3.63, 3.8) is 0 Å². The van der Waals surface area contributed by atoms with Crippen LogP contribution >= 0.6 is 0 Å². The Balaban J connectivity index is 1.63. The Hall–Kier alpha value is -4.13. The van der Waals surface area contributed by atoms with Crippen molar-refractivity contribution < 1.29 is 32.6 Å². The molecule has 0 radical (unpaired) electrons.